The molecule has 7 nitrogen and oxygen atoms in total. The van der Waals surface area contributed by atoms with Gasteiger partial charge >= 0.3 is 0 Å². The number of anilines is 2. The molecule has 0 atom stereocenters. The summed E-state index contributed by atoms with van der Waals surface area (Å²) in [6, 6.07) is 13.7. The van der Waals surface area contributed by atoms with Gasteiger partial charge in [-0.2, -0.15) is 0 Å². The maximum Gasteiger partial charge on any atom is 0.259 e. The third kappa shape index (κ3) is 3.36. The largest absolute Gasteiger partial charge is 0.497 e. The molecule has 0 radical (unpaired) electrons. The van der Waals surface area contributed by atoms with Gasteiger partial charge in [0.05, 0.1) is 26.1 Å². The van der Waals surface area contributed by atoms with Crippen LogP contribution in [0, 0.1) is 13.8 Å². The van der Waals surface area contributed by atoms with E-state index in [4.69, 9.17) is 9.72 Å². The van der Waals surface area contributed by atoms with Crippen molar-refractivity contribution in [3.8, 4) is 5.75 Å². The van der Waals surface area contributed by atoms with E-state index in [1.54, 1.807) is 17.9 Å². The number of methoxy groups -OCH3 is 1. The molecule has 0 spiro atoms. The molecule has 0 saturated carbocycles. The Morgan fingerprint density at radius 1 is 1.07 bits per heavy atom. The Labute approximate surface area is 163 Å². The third-order valence-electron chi connectivity index (χ3n) is 5.04. The van der Waals surface area contributed by atoms with Crippen LogP contribution in [0.25, 0.3) is 0 Å². The maximum absolute atomic E-state index is 12.9. The first kappa shape index (κ1) is 18.2. The van der Waals surface area contributed by atoms with Crippen molar-refractivity contribution in [2.75, 3.05) is 18.7 Å². The molecule has 4 rings (SSSR count). The molecule has 0 aliphatic carbocycles. The molecule has 2 aromatic heterocycles. The Morgan fingerprint density at radius 2 is 1.86 bits per heavy atom. The van der Waals surface area contributed by atoms with Crippen LogP contribution in [0.1, 0.15) is 17.0 Å². The molecule has 3 aromatic rings. The second kappa shape index (κ2) is 7.44. The average Bonchev–Trinajstić information content (AvgIpc) is 2.73. The number of pyridine rings is 1. The van der Waals surface area contributed by atoms with E-state index in [0.717, 1.165) is 22.8 Å². The van der Waals surface area contributed by atoms with Gasteiger partial charge in [-0.15, -0.1) is 0 Å². The lowest BCUT2D eigenvalue weighted by molar-refractivity contribution is 0.187. The molecule has 0 saturated heterocycles. The Kier molecular flexibility index (Phi) is 4.83. The van der Waals surface area contributed by atoms with Crippen molar-refractivity contribution in [1.82, 2.24) is 19.4 Å². The van der Waals surface area contributed by atoms with Gasteiger partial charge in [-0.1, -0.05) is 6.07 Å². The van der Waals surface area contributed by atoms with E-state index in [0.29, 0.717) is 31.4 Å². The molecule has 0 unspecified atom stereocenters. The summed E-state index contributed by atoms with van der Waals surface area (Å²) >= 11 is 0. The van der Waals surface area contributed by atoms with Crippen LogP contribution < -0.4 is 15.2 Å². The molecule has 3 heterocycles. The Balaban J connectivity index is 1.76. The van der Waals surface area contributed by atoms with E-state index in [9.17, 15) is 4.79 Å². The summed E-state index contributed by atoms with van der Waals surface area (Å²) < 4.78 is 7.01. The minimum atomic E-state index is -0.00766. The van der Waals surface area contributed by atoms with Crippen molar-refractivity contribution < 1.29 is 4.74 Å². The molecule has 0 amide bonds. The minimum absolute atomic E-state index is 0.00766. The number of ether oxygens (including phenoxy) is 1. The zero-order valence-electron chi connectivity index (χ0n) is 16.3. The highest BCUT2D eigenvalue weighted by Crippen LogP contribution is 2.29. The van der Waals surface area contributed by atoms with Crippen LogP contribution in [0.2, 0.25) is 0 Å². The predicted octanol–water partition coefficient (Wildman–Crippen LogP) is 2.83. The van der Waals surface area contributed by atoms with Gasteiger partial charge in [0.1, 0.15) is 5.75 Å². The van der Waals surface area contributed by atoms with E-state index < -0.39 is 0 Å². The van der Waals surface area contributed by atoms with E-state index in [1.807, 2.05) is 56.3 Å². The van der Waals surface area contributed by atoms with Crippen LogP contribution in [0.3, 0.4) is 0 Å². The van der Waals surface area contributed by atoms with Crippen LogP contribution in [0.5, 0.6) is 5.75 Å². The van der Waals surface area contributed by atoms with Crippen molar-refractivity contribution in [3.05, 3.63) is 76.0 Å². The normalized spacial score (nSPS) is 14.0. The Bertz CT molecular complexity index is 1030. The Morgan fingerprint density at radius 3 is 2.54 bits per heavy atom. The van der Waals surface area contributed by atoms with Gasteiger partial charge < -0.3 is 4.74 Å². The second-order valence-electron chi connectivity index (χ2n) is 6.91. The lowest BCUT2D eigenvalue weighted by atomic mass is 10.2. The van der Waals surface area contributed by atoms with E-state index in [-0.39, 0.29) is 5.56 Å². The SMILES string of the molecule is COc1ccc(N2CN(Cc3ccccn3)Cn3c2nc(C)c(C)c3=O)cc1. The quantitative estimate of drug-likeness (QED) is 0.697. The zero-order valence-corrected chi connectivity index (χ0v) is 16.3. The van der Waals surface area contributed by atoms with Gasteiger partial charge in [0.25, 0.3) is 5.56 Å². The predicted molar refractivity (Wildman–Crippen MR) is 108 cm³/mol. The summed E-state index contributed by atoms with van der Waals surface area (Å²) in [5, 5.41) is 0. The molecular formula is C21H23N5O2. The monoisotopic (exact) mass is 377 g/mol. The van der Waals surface area contributed by atoms with E-state index in [1.165, 1.54) is 0 Å². The van der Waals surface area contributed by atoms with Crippen molar-refractivity contribution in [2.45, 2.75) is 27.1 Å². The molecule has 1 aliphatic rings. The maximum atomic E-state index is 12.9. The molecule has 1 aliphatic heterocycles. The van der Waals surface area contributed by atoms with E-state index >= 15 is 0 Å². The number of hydrogen-bond acceptors (Lipinski definition) is 6. The summed E-state index contributed by atoms with van der Waals surface area (Å²) in [7, 11) is 1.65. The highest BCUT2D eigenvalue weighted by molar-refractivity contribution is 5.59. The van der Waals surface area contributed by atoms with Gasteiger partial charge in [-0.25, -0.2) is 4.98 Å². The summed E-state index contributed by atoms with van der Waals surface area (Å²) in [4.78, 5) is 26.3. The van der Waals surface area contributed by atoms with Gasteiger partial charge in [0.2, 0.25) is 5.95 Å². The lowest BCUT2D eigenvalue weighted by Crippen LogP contribution is -2.47. The summed E-state index contributed by atoms with van der Waals surface area (Å²) in [6.07, 6.45) is 1.79. The number of hydrogen-bond donors (Lipinski definition) is 0. The molecule has 144 valence electrons. The van der Waals surface area contributed by atoms with Crippen molar-refractivity contribution >= 4 is 11.6 Å². The Hall–Kier alpha value is -3.19. The van der Waals surface area contributed by atoms with Crippen LogP contribution in [-0.4, -0.2) is 33.2 Å². The molecule has 0 N–H and O–H groups in total. The first-order valence-electron chi connectivity index (χ1n) is 9.18. The lowest BCUT2D eigenvalue weighted by Gasteiger charge is -2.38. The molecule has 0 fully saturated rings. The highest BCUT2D eigenvalue weighted by Gasteiger charge is 2.27. The van der Waals surface area contributed by atoms with Gasteiger partial charge in [0.15, 0.2) is 0 Å². The number of fused-ring (bicyclic) bond motifs is 1. The number of nitrogens with zero attached hydrogens (tertiary/aromatic N) is 5. The second-order valence-corrected chi connectivity index (χ2v) is 6.91. The number of aryl methyl sites for hydroxylation is 1. The minimum Gasteiger partial charge on any atom is -0.497 e. The fourth-order valence-electron chi connectivity index (χ4n) is 3.36. The standard InChI is InChI=1S/C21H23N5O2/c1-15-16(2)23-21-25(18-7-9-19(28-3)10-8-18)13-24(14-26(21)20(15)27)12-17-6-4-5-11-22-17/h4-11H,12-14H2,1-3H3. The van der Waals surface area contributed by atoms with Crippen LogP contribution in [-0.2, 0) is 13.2 Å². The fourth-order valence-corrected chi connectivity index (χ4v) is 3.36. The van der Waals surface area contributed by atoms with E-state index in [2.05, 4.69) is 14.8 Å². The van der Waals surface area contributed by atoms with Crippen LogP contribution >= 0.6 is 0 Å². The average molecular weight is 377 g/mol. The van der Waals surface area contributed by atoms with Crippen molar-refractivity contribution in [3.63, 3.8) is 0 Å². The summed E-state index contributed by atoms with van der Waals surface area (Å²) in [6.45, 7) is 5.44. The van der Waals surface area contributed by atoms with Gasteiger partial charge in [0, 0.05) is 29.7 Å². The smallest absolute Gasteiger partial charge is 0.259 e. The first-order chi connectivity index (χ1) is 13.6. The highest BCUT2D eigenvalue weighted by atomic mass is 16.5. The van der Waals surface area contributed by atoms with Gasteiger partial charge in [-0.05, 0) is 50.2 Å². The zero-order chi connectivity index (χ0) is 19.7. The molecule has 7 heteroatoms. The molecule has 0 bridgehead atoms. The summed E-state index contributed by atoms with van der Waals surface area (Å²) in [5.74, 6) is 1.45. The molecule has 1 aromatic carbocycles. The first-order valence-corrected chi connectivity index (χ1v) is 9.18. The van der Waals surface area contributed by atoms with Crippen molar-refractivity contribution in [1.29, 1.82) is 0 Å². The molecule has 28 heavy (non-hydrogen) atoms. The fraction of sp³-hybridized carbons (Fsp3) is 0.286. The topological polar surface area (TPSA) is 63.5 Å². The third-order valence-corrected chi connectivity index (χ3v) is 5.04. The molecular weight excluding hydrogens is 354 g/mol. The number of rotatable bonds is 4. The van der Waals surface area contributed by atoms with Crippen LogP contribution in [0.4, 0.5) is 11.6 Å². The number of aromatic nitrogens is 3. The van der Waals surface area contributed by atoms with Crippen LogP contribution in [0.15, 0.2) is 53.5 Å². The van der Waals surface area contributed by atoms with Gasteiger partial charge in [-0.3, -0.25) is 24.1 Å². The summed E-state index contributed by atoms with van der Waals surface area (Å²) in [5.41, 5.74) is 3.35. The number of benzene rings is 1. The van der Waals surface area contributed by atoms with Crippen molar-refractivity contribution in [2.24, 2.45) is 0 Å².